The molecule has 1 atom stereocenters. The maximum absolute atomic E-state index is 13.3. The van der Waals surface area contributed by atoms with Gasteiger partial charge < -0.3 is 4.74 Å². The molecule has 0 spiro atoms. The van der Waals surface area contributed by atoms with E-state index in [4.69, 9.17) is 21.6 Å². The molecule has 100 valence electrons. The van der Waals surface area contributed by atoms with Crippen molar-refractivity contribution in [2.45, 2.75) is 18.9 Å². The molecule has 20 heavy (non-hydrogen) atoms. The lowest BCUT2D eigenvalue weighted by Gasteiger charge is -2.15. The molecule has 0 amide bonds. The van der Waals surface area contributed by atoms with Crippen LogP contribution in [-0.2, 0) is 6.42 Å². The molecular formula is C16H11ClFNO. The molecule has 0 radical (unpaired) electrons. The molecule has 1 aliphatic carbocycles. The van der Waals surface area contributed by atoms with E-state index in [0.29, 0.717) is 10.8 Å². The van der Waals surface area contributed by atoms with Gasteiger partial charge in [-0.3, -0.25) is 0 Å². The van der Waals surface area contributed by atoms with Crippen molar-refractivity contribution in [1.82, 2.24) is 0 Å². The van der Waals surface area contributed by atoms with Crippen molar-refractivity contribution in [3.8, 4) is 11.8 Å². The molecule has 0 saturated carbocycles. The third-order valence-corrected chi connectivity index (χ3v) is 3.70. The van der Waals surface area contributed by atoms with Crippen LogP contribution in [0.2, 0.25) is 5.02 Å². The first-order valence-electron chi connectivity index (χ1n) is 6.32. The SMILES string of the molecule is N#Cc1cc(O[C@@H]2CCc3ccc(Cl)cc32)ccc1F. The monoisotopic (exact) mass is 287 g/mol. The Labute approximate surface area is 121 Å². The molecule has 0 N–H and O–H groups in total. The van der Waals surface area contributed by atoms with E-state index in [-0.39, 0.29) is 11.7 Å². The molecule has 2 nitrogen and oxygen atoms in total. The maximum Gasteiger partial charge on any atom is 0.141 e. The summed E-state index contributed by atoms with van der Waals surface area (Å²) in [5.74, 6) is -0.0320. The average Bonchev–Trinajstić information content (AvgIpc) is 2.83. The van der Waals surface area contributed by atoms with E-state index in [0.717, 1.165) is 18.4 Å². The number of aryl methyl sites for hydroxylation is 1. The molecule has 2 aromatic carbocycles. The second kappa shape index (κ2) is 5.15. The predicted octanol–water partition coefficient (Wildman–Crippen LogP) is 4.42. The molecule has 2 aromatic rings. The van der Waals surface area contributed by atoms with Crippen LogP contribution in [0.15, 0.2) is 36.4 Å². The number of rotatable bonds is 2. The highest BCUT2D eigenvalue weighted by atomic mass is 35.5. The Morgan fingerprint density at radius 3 is 2.90 bits per heavy atom. The highest BCUT2D eigenvalue weighted by Crippen LogP contribution is 2.36. The Hall–Kier alpha value is -2.05. The Bertz CT molecular complexity index is 708. The zero-order valence-electron chi connectivity index (χ0n) is 10.6. The minimum Gasteiger partial charge on any atom is -0.486 e. The van der Waals surface area contributed by atoms with Crippen LogP contribution >= 0.6 is 11.6 Å². The van der Waals surface area contributed by atoms with Crippen LogP contribution in [0.1, 0.15) is 29.2 Å². The summed E-state index contributed by atoms with van der Waals surface area (Å²) in [5.41, 5.74) is 2.29. The molecule has 0 bridgehead atoms. The van der Waals surface area contributed by atoms with Crippen molar-refractivity contribution >= 4 is 11.6 Å². The van der Waals surface area contributed by atoms with Gasteiger partial charge in [0.2, 0.25) is 0 Å². The Morgan fingerprint density at radius 2 is 2.10 bits per heavy atom. The number of ether oxygens (including phenoxy) is 1. The highest BCUT2D eigenvalue weighted by Gasteiger charge is 2.24. The largest absolute Gasteiger partial charge is 0.486 e. The van der Waals surface area contributed by atoms with Gasteiger partial charge in [-0.05, 0) is 48.2 Å². The van der Waals surface area contributed by atoms with Crippen LogP contribution in [0.4, 0.5) is 4.39 Å². The number of nitriles is 1. The topological polar surface area (TPSA) is 33.0 Å². The summed E-state index contributed by atoms with van der Waals surface area (Å²) in [6, 6.07) is 11.8. The van der Waals surface area contributed by atoms with E-state index < -0.39 is 5.82 Å². The van der Waals surface area contributed by atoms with Gasteiger partial charge in [-0.1, -0.05) is 17.7 Å². The van der Waals surface area contributed by atoms with E-state index in [9.17, 15) is 4.39 Å². The molecule has 1 aliphatic rings. The Kier molecular flexibility index (Phi) is 3.33. The molecule has 0 saturated heterocycles. The summed E-state index contributed by atoms with van der Waals surface area (Å²) >= 11 is 6.01. The number of hydrogen-bond donors (Lipinski definition) is 0. The Morgan fingerprint density at radius 1 is 1.25 bits per heavy atom. The lowest BCUT2D eigenvalue weighted by atomic mass is 10.1. The van der Waals surface area contributed by atoms with Crippen LogP contribution in [0, 0.1) is 17.1 Å². The van der Waals surface area contributed by atoms with Crippen LogP contribution < -0.4 is 4.74 Å². The standard InChI is InChI=1S/C16H11ClFNO/c17-12-3-1-10-2-6-16(14(10)8-12)20-13-4-5-15(18)11(7-13)9-19/h1,3-5,7-8,16H,2,6H2/t16-/m1/s1. The van der Waals surface area contributed by atoms with E-state index in [1.165, 1.54) is 17.7 Å². The zero-order valence-corrected chi connectivity index (χ0v) is 11.3. The summed E-state index contributed by atoms with van der Waals surface area (Å²) in [6.07, 6.45) is 1.69. The van der Waals surface area contributed by atoms with Gasteiger partial charge >= 0.3 is 0 Å². The minimum atomic E-state index is -0.533. The Balaban J connectivity index is 1.87. The lowest BCUT2D eigenvalue weighted by molar-refractivity contribution is 0.207. The van der Waals surface area contributed by atoms with E-state index >= 15 is 0 Å². The van der Waals surface area contributed by atoms with E-state index in [1.807, 2.05) is 24.3 Å². The molecule has 3 rings (SSSR count). The third-order valence-electron chi connectivity index (χ3n) is 3.47. The van der Waals surface area contributed by atoms with Gasteiger partial charge in [-0.2, -0.15) is 5.26 Å². The first kappa shape index (κ1) is 13.0. The third kappa shape index (κ3) is 2.35. The van der Waals surface area contributed by atoms with Crippen molar-refractivity contribution in [2.75, 3.05) is 0 Å². The minimum absolute atomic E-state index is 0.00758. The van der Waals surface area contributed by atoms with E-state index in [1.54, 1.807) is 6.07 Å². The first-order valence-corrected chi connectivity index (χ1v) is 6.70. The van der Waals surface area contributed by atoms with Gasteiger partial charge in [0.25, 0.3) is 0 Å². The van der Waals surface area contributed by atoms with Gasteiger partial charge in [-0.15, -0.1) is 0 Å². The van der Waals surface area contributed by atoms with Crippen LogP contribution in [-0.4, -0.2) is 0 Å². The zero-order chi connectivity index (χ0) is 14.1. The molecule has 0 aromatic heterocycles. The van der Waals surface area contributed by atoms with Gasteiger partial charge in [0, 0.05) is 11.1 Å². The first-order chi connectivity index (χ1) is 9.67. The fraction of sp³-hybridized carbons (Fsp3) is 0.188. The number of fused-ring (bicyclic) bond motifs is 1. The number of hydrogen-bond acceptors (Lipinski definition) is 2. The lowest BCUT2D eigenvalue weighted by Crippen LogP contribution is -2.04. The molecule has 0 heterocycles. The van der Waals surface area contributed by atoms with Gasteiger partial charge in [0.15, 0.2) is 0 Å². The van der Waals surface area contributed by atoms with Crippen molar-refractivity contribution in [3.05, 3.63) is 63.9 Å². The van der Waals surface area contributed by atoms with Crippen molar-refractivity contribution in [3.63, 3.8) is 0 Å². The smallest absolute Gasteiger partial charge is 0.141 e. The van der Waals surface area contributed by atoms with Gasteiger partial charge in [0.1, 0.15) is 23.7 Å². The summed E-state index contributed by atoms with van der Waals surface area (Å²) in [4.78, 5) is 0. The molecule has 4 heteroatoms. The average molecular weight is 288 g/mol. The molecule has 0 unspecified atom stereocenters. The van der Waals surface area contributed by atoms with E-state index in [2.05, 4.69) is 0 Å². The van der Waals surface area contributed by atoms with Crippen molar-refractivity contribution in [2.24, 2.45) is 0 Å². The highest BCUT2D eigenvalue weighted by molar-refractivity contribution is 6.30. The van der Waals surface area contributed by atoms with Gasteiger partial charge in [-0.25, -0.2) is 4.39 Å². The van der Waals surface area contributed by atoms with Crippen LogP contribution in [0.5, 0.6) is 5.75 Å². The normalized spacial score (nSPS) is 16.6. The number of halogens is 2. The molecular weight excluding hydrogens is 277 g/mol. The quantitative estimate of drug-likeness (QED) is 0.819. The molecule has 0 aliphatic heterocycles. The summed E-state index contributed by atoms with van der Waals surface area (Å²) in [5, 5.41) is 9.51. The second-order valence-corrected chi connectivity index (χ2v) is 5.18. The summed E-state index contributed by atoms with van der Waals surface area (Å²) in [6.45, 7) is 0. The van der Waals surface area contributed by atoms with Crippen molar-refractivity contribution in [1.29, 1.82) is 5.26 Å². The number of benzene rings is 2. The fourth-order valence-electron chi connectivity index (χ4n) is 2.49. The maximum atomic E-state index is 13.3. The second-order valence-electron chi connectivity index (χ2n) is 4.74. The van der Waals surface area contributed by atoms with Crippen LogP contribution in [0.3, 0.4) is 0 Å². The fourth-order valence-corrected chi connectivity index (χ4v) is 2.67. The van der Waals surface area contributed by atoms with Crippen molar-refractivity contribution < 1.29 is 9.13 Å². The summed E-state index contributed by atoms with van der Waals surface area (Å²) < 4.78 is 19.2. The van der Waals surface area contributed by atoms with Crippen LogP contribution in [0.25, 0.3) is 0 Å². The number of nitrogens with zero attached hydrogens (tertiary/aromatic N) is 1. The predicted molar refractivity (Wildman–Crippen MR) is 74.3 cm³/mol. The van der Waals surface area contributed by atoms with Gasteiger partial charge in [0.05, 0.1) is 5.56 Å². The molecule has 0 fully saturated rings. The summed E-state index contributed by atoms with van der Waals surface area (Å²) in [7, 11) is 0.